The summed E-state index contributed by atoms with van der Waals surface area (Å²) in [5.41, 5.74) is 0. The summed E-state index contributed by atoms with van der Waals surface area (Å²) in [7, 11) is 0. The van der Waals surface area contributed by atoms with Crippen LogP contribution >= 0.6 is 0 Å². The highest BCUT2D eigenvalue weighted by Crippen LogP contribution is 2.10. The second-order valence-corrected chi connectivity index (χ2v) is 3.50. The summed E-state index contributed by atoms with van der Waals surface area (Å²) in [4.78, 5) is 11.4. The molecule has 6 nitrogen and oxygen atoms in total. The van der Waals surface area contributed by atoms with Gasteiger partial charge in [0.05, 0.1) is 18.7 Å². The van der Waals surface area contributed by atoms with Crippen molar-refractivity contribution in [2.24, 2.45) is 0 Å². The number of ether oxygens (including phenoxy) is 1. The Labute approximate surface area is 87.0 Å². The highest BCUT2D eigenvalue weighted by Gasteiger charge is 2.16. The van der Waals surface area contributed by atoms with Crippen molar-refractivity contribution in [1.29, 1.82) is 0 Å². The second-order valence-electron chi connectivity index (χ2n) is 3.50. The van der Waals surface area contributed by atoms with E-state index in [1.807, 2.05) is 0 Å². The van der Waals surface area contributed by atoms with Crippen LogP contribution in [0, 0.1) is 0 Å². The van der Waals surface area contributed by atoms with Crippen molar-refractivity contribution >= 4 is 5.91 Å². The predicted octanol–water partition coefficient (Wildman–Crippen LogP) is -0.0927. The molecule has 1 aromatic rings. The van der Waals surface area contributed by atoms with E-state index in [-0.39, 0.29) is 18.4 Å². The third-order valence-corrected chi connectivity index (χ3v) is 2.29. The first-order chi connectivity index (χ1) is 7.34. The smallest absolute Gasteiger partial charge is 0.227 e. The van der Waals surface area contributed by atoms with Crippen LogP contribution in [-0.4, -0.2) is 35.5 Å². The van der Waals surface area contributed by atoms with Crippen LogP contribution in [0.5, 0.6) is 0 Å². The molecule has 2 heterocycles. The average Bonchev–Trinajstić information content (AvgIpc) is 2.86. The summed E-state index contributed by atoms with van der Waals surface area (Å²) in [6.45, 7) is 1.37. The zero-order chi connectivity index (χ0) is 10.5. The summed E-state index contributed by atoms with van der Waals surface area (Å²) < 4.78 is 10.1. The molecule has 0 spiro atoms. The number of hydrogen-bond acceptors (Lipinski definition) is 5. The van der Waals surface area contributed by atoms with Crippen molar-refractivity contribution in [1.82, 2.24) is 15.7 Å². The molecule has 1 unspecified atom stereocenters. The first-order valence-electron chi connectivity index (χ1n) is 4.99. The van der Waals surface area contributed by atoms with Crippen molar-refractivity contribution in [3.63, 3.8) is 0 Å². The molecule has 2 rings (SSSR count). The van der Waals surface area contributed by atoms with E-state index in [2.05, 4.69) is 15.7 Å². The minimum atomic E-state index is -0.0935. The van der Waals surface area contributed by atoms with Gasteiger partial charge in [0.1, 0.15) is 0 Å². The van der Waals surface area contributed by atoms with E-state index in [4.69, 9.17) is 9.26 Å². The van der Waals surface area contributed by atoms with Crippen LogP contribution in [0.15, 0.2) is 10.7 Å². The first-order valence-corrected chi connectivity index (χ1v) is 4.99. The Hall–Kier alpha value is -1.43. The number of aromatic nitrogens is 2. The van der Waals surface area contributed by atoms with Gasteiger partial charge in [0.2, 0.25) is 5.91 Å². The van der Waals surface area contributed by atoms with Crippen LogP contribution in [0.25, 0.3) is 0 Å². The third kappa shape index (κ3) is 3.02. The van der Waals surface area contributed by atoms with Crippen LogP contribution in [0.1, 0.15) is 18.6 Å². The summed E-state index contributed by atoms with van der Waals surface area (Å²) in [5, 5.41) is 9.56. The maximum atomic E-state index is 11.4. The lowest BCUT2D eigenvalue weighted by molar-refractivity contribution is -0.121. The number of nitrogens with zero attached hydrogens (tertiary/aromatic N) is 2. The molecule has 0 radical (unpaired) electrons. The molecule has 0 bridgehead atoms. The molecule has 0 aliphatic carbocycles. The summed E-state index contributed by atoms with van der Waals surface area (Å²) in [6.07, 6.45) is 3.88. The minimum absolute atomic E-state index is 0.0935. The fourth-order valence-electron chi connectivity index (χ4n) is 1.52. The van der Waals surface area contributed by atoms with Gasteiger partial charge in [-0.1, -0.05) is 0 Å². The molecule has 1 N–H and O–H groups in total. The van der Waals surface area contributed by atoms with Crippen molar-refractivity contribution in [3.05, 3.63) is 12.0 Å². The Balaban J connectivity index is 1.68. The number of rotatable bonds is 4. The maximum Gasteiger partial charge on any atom is 0.227 e. The van der Waals surface area contributed by atoms with Crippen molar-refractivity contribution in [2.45, 2.75) is 25.4 Å². The van der Waals surface area contributed by atoms with E-state index < -0.39 is 0 Å². The normalized spacial score (nSPS) is 20.4. The van der Waals surface area contributed by atoms with Crippen LogP contribution in [0.4, 0.5) is 0 Å². The van der Waals surface area contributed by atoms with Gasteiger partial charge in [-0.3, -0.25) is 4.79 Å². The minimum Gasteiger partial charge on any atom is -0.376 e. The molecule has 82 valence electrons. The molecule has 1 aliphatic heterocycles. The monoisotopic (exact) mass is 211 g/mol. The number of carbonyl (C=O) groups is 1. The Morgan fingerprint density at radius 2 is 2.60 bits per heavy atom. The Kier molecular flexibility index (Phi) is 3.29. The Morgan fingerprint density at radius 1 is 1.67 bits per heavy atom. The standard InChI is InChI=1S/C9H13N3O3/c13-9(4-8-6-11-12-15-8)10-5-7-2-1-3-14-7/h6-7H,1-5H2,(H,10,13). The molecule has 0 aromatic carbocycles. The molecule has 15 heavy (non-hydrogen) atoms. The van der Waals surface area contributed by atoms with E-state index in [0.717, 1.165) is 19.4 Å². The maximum absolute atomic E-state index is 11.4. The molecule has 1 amide bonds. The van der Waals surface area contributed by atoms with Gasteiger partial charge in [-0.25, -0.2) is 0 Å². The van der Waals surface area contributed by atoms with Crippen molar-refractivity contribution in [2.75, 3.05) is 13.2 Å². The number of carbonyl (C=O) groups excluding carboxylic acids is 1. The highest BCUT2D eigenvalue weighted by atomic mass is 16.5. The van der Waals surface area contributed by atoms with Crippen LogP contribution < -0.4 is 5.32 Å². The van der Waals surface area contributed by atoms with Gasteiger partial charge >= 0.3 is 0 Å². The number of nitrogens with one attached hydrogen (secondary N) is 1. The van der Waals surface area contributed by atoms with Gasteiger partial charge in [-0.2, -0.15) is 0 Å². The topological polar surface area (TPSA) is 77.2 Å². The second kappa shape index (κ2) is 4.88. The summed E-state index contributed by atoms with van der Waals surface area (Å²) in [5.74, 6) is 0.379. The molecule has 0 saturated carbocycles. The fourth-order valence-corrected chi connectivity index (χ4v) is 1.52. The number of amides is 1. The van der Waals surface area contributed by atoms with E-state index in [0.29, 0.717) is 12.3 Å². The van der Waals surface area contributed by atoms with Crippen LogP contribution in [-0.2, 0) is 16.0 Å². The lowest BCUT2D eigenvalue weighted by Crippen LogP contribution is -2.32. The zero-order valence-corrected chi connectivity index (χ0v) is 8.31. The van der Waals surface area contributed by atoms with E-state index in [1.165, 1.54) is 6.20 Å². The zero-order valence-electron chi connectivity index (χ0n) is 8.31. The van der Waals surface area contributed by atoms with Crippen LogP contribution in [0.3, 0.4) is 0 Å². The molecule has 1 fully saturated rings. The SMILES string of the molecule is O=C(Cc1cnno1)NCC1CCCO1. The third-order valence-electron chi connectivity index (χ3n) is 2.29. The summed E-state index contributed by atoms with van der Waals surface area (Å²) >= 11 is 0. The van der Waals surface area contributed by atoms with Crippen molar-refractivity contribution < 1.29 is 14.1 Å². The number of hydrogen-bond donors (Lipinski definition) is 1. The fraction of sp³-hybridized carbons (Fsp3) is 0.667. The Morgan fingerprint density at radius 3 is 3.27 bits per heavy atom. The summed E-state index contributed by atoms with van der Waals surface area (Å²) in [6, 6.07) is 0. The lowest BCUT2D eigenvalue weighted by Gasteiger charge is -2.09. The molecule has 1 aliphatic rings. The molecule has 6 heteroatoms. The molecule has 1 aromatic heterocycles. The molecule has 1 atom stereocenters. The van der Waals surface area contributed by atoms with E-state index in [1.54, 1.807) is 0 Å². The van der Waals surface area contributed by atoms with Crippen molar-refractivity contribution in [3.8, 4) is 0 Å². The quantitative estimate of drug-likeness (QED) is 0.753. The lowest BCUT2D eigenvalue weighted by atomic mass is 10.2. The molecular weight excluding hydrogens is 198 g/mol. The van der Waals surface area contributed by atoms with Gasteiger partial charge in [-0.05, 0) is 12.8 Å². The van der Waals surface area contributed by atoms with Gasteiger partial charge in [0.15, 0.2) is 5.76 Å². The highest BCUT2D eigenvalue weighted by molar-refractivity contribution is 5.77. The molecule has 1 saturated heterocycles. The first kappa shape index (κ1) is 10.1. The van der Waals surface area contributed by atoms with Crippen LogP contribution in [0.2, 0.25) is 0 Å². The van der Waals surface area contributed by atoms with Gasteiger partial charge in [0, 0.05) is 18.4 Å². The predicted molar refractivity (Wildman–Crippen MR) is 50.0 cm³/mol. The average molecular weight is 211 g/mol. The van der Waals surface area contributed by atoms with Gasteiger partial charge < -0.3 is 14.6 Å². The van der Waals surface area contributed by atoms with E-state index in [9.17, 15) is 4.79 Å². The van der Waals surface area contributed by atoms with E-state index >= 15 is 0 Å². The molecular formula is C9H13N3O3. The Bertz CT molecular complexity index is 306. The largest absolute Gasteiger partial charge is 0.376 e. The van der Waals surface area contributed by atoms with Gasteiger partial charge in [-0.15, -0.1) is 5.10 Å². The van der Waals surface area contributed by atoms with Gasteiger partial charge in [0.25, 0.3) is 0 Å².